The monoisotopic (exact) mass is 129 g/mol. The van der Waals surface area contributed by atoms with Crippen molar-refractivity contribution in [2.24, 2.45) is 0 Å². The second kappa shape index (κ2) is 3.22. The molecule has 0 bridgehead atoms. The van der Waals surface area contributed by atoms with E-state index in [2.05, 4.69) is 16.9 Å². The van der Waals surface area contributed by atoms with Crippen LogP contribution < -0.4 is 0 Å². The molecule has 0 aromatic carbocycles. The maximum atomic E-state index is 3.02. The van der Waals surface area contributed by atoms with E-state index in [9.17, 15) is 0 Å². The van der Waals surface area contributed by atoms with Gasteiger partial charge in [0.2, 0.25) is 0 Å². The van der Waals surface area contributed by atoms with E-state index in [0.717, 1.165) is 5.75 Å². The molecule has 1 heterocycles. The molecule has 1 rings (SSSR count). The number of rotatable bonds is 0. The highest BCUT2D eigenvalue weighted by Crippen LogP contribution is 2.13. The second-order valence-electron chi connectivity index (χ2n) is 1.06. The summed E-state index contributed by atoms with van der Waals surface area (Å²) in [5.41, 5.74) is 0. The molecule has 37 valence electrons. The third kappa shape index (κ3) is 2.09. The predicted octanol–water partition coefficient (Wildman–Crippen LogP) is 2.25. The Labute approximate surface area is 52.1 Å². The maximum absolute atomic E-state index is 3.02. The zero-order valence-corrected chi connectivity index (χ0v) is 5.39. The summed E-state index contributed by atoms with van der Waals surface area (Å²) in [6.45, 7) is 0. The molecule has 1 radical (unpaired) electrons. The number of thioether (sulfide) groups is 2. The van der Waals surface area contributed by atoms with Crippen molar-refractivity contribution in [2.45, 2.75) is 0 Å². The predicted molar refractivity (Wildman–Crippen MR) is 37.0 cm³/mol. The Balaban J connectivity index is 2.38. The summed E-state index contributed by atoms with van der Waals surface area (Å²) in [6.07, 6.45) is 2.13. The van der Waals surface area contributed by atoms with E-state index in [1.54, 1.807) is 23.5 Å². The molecule has 0 aromatic rings. The first-order valence-corrected chi connectivity index (χ1v) is 3.92. The molecule has 0 spiro atoms. The van der Waals surface area contributed by atoms with Gasteiger partial charge in [-0.3, -0.25) is 0 Å². The highest BCUT2D eigenvalue weighted by Gasteiger charge is 1.80. The van der Waals surface area contributed by atoms with Crippen molar-refractivity contribution < 1.29 is 0 Å². The van der Waals surface area contributed by atoms with E-state index in [-0.39, 0.29) is 0 Å². The lowest BCUT2D eigenvalue weighted by Crippen LogP contribution is -1.57. The molecule has 0 amide bonds. The molecule has 0 fully saturated rings. The lowest BCUT2D eigenvalue weighted by Gasteiger charge is -1.76. The smallest absolute Gasteiger partial charge is 0.0323 e. The quantitative estimate of drug-likeness (QED) is 0.492. The molecule has 0 nitrogen and oxygen atoms in total. The van der Waals surface area contributed by atoms with Gasteiger partial charge in [0.05, 0.1) is 0 Å². The Morgan fingerprint density at radius 1 is 1.57 bits per heavy atom. The minimum Gasteiger partial charge on any atom is -0.129 e. The van der Waals surface area contributed by atoms with Crippen molar-refractivity contribution >= 4 is 23.5 Å². The third-order valence-electron chi connectivity index (χ3n) is 0.556. The second-order valence-corrected chi connectivity index (χ2v) is 2.70. The van der Waals surface area contributed by atoms with Gasteiger partial charge in [-0.25, -0.2) is 0 Å². The molecule has 0 saturated carbocycles. The van der Waals surface area contributed by atoms with Crippen LogP contribution in [0.15, 0.2) is 16.9 Å². The molecule has 0 saturated heterocycles. The van der Waals surface area contributed by atoms with Crippen LogP contribution in [0.2, 0.25) is 0 Å². The van der Waals surface area contributed by atoms with Gasteiger partial charge in [-0.15, -0.1) is 11.8 Å². The molecule has 0 unspecified atom stereocenters. The van der Waals surface area contributed by atoms with Crippen LogP contribution in [0.1, 0.15) is 0 Å². The fourth-order valence-corrected chi connectivity index (χ4v) is 1.48. The fourth-order valence-electron chi connectivity index (χ4n) is 0.292. The molecule has 0 aliphatic carbocycles. The van der Waals surface area contributed by atoms with Gasteiger partial charge >= 0.3 is 0 Å². The highest BCUT2D eigenvalue weighted by molar-refractivity contribution is 8.06. The maximum Gasteiger partial charge on any atom is 0.0323 e. The zero-order chi connectivity index (χ0) is 4.95. The van der Waals surface area contributed by atoms with E-state index in [0.29, 0.717) is 0 Å². The third-order valence-corrected chi connectivity index (χ3v) is 1.96. The molecule has 0 N–H and O–H groups in total. The van der Waals surface area contributed by atoms with Crippen LogP contribution in [0, 0.1) is 5.41 Å². The molecule has 1 aliphatic rings. The van der Waals surface area contributed by atoms with Gasteiger partial charge in [-0.1, -0.05) is 17.8 Å². The van der Waals surface area contributed by atoms with E-state index < -0.39 is 0 Å². The van der Waals surface area contributed by atoms with Crippen molar-refractivity contribution in [3.05, 3.63) is 22.3 Å². The van der Waals surface area contributed by atoms with Crippen LogP contribution in [-0.4, -0.2) is 5.75 Å². The minimum absolute atomic E-state index is 1.10. The Bertz CT molecular complexity index is 82.3. The van der Waals surface area contributed by atoms with Crippen LogP contribution in [0.25, 0.3) is 0 Å². The number of hydrogen-bond donors (Lipinski definition) is 0. The summed E-state index contributed by atoms with van der Waals surface area (Å²) >= 11 is 3.38. The summed E-state index contributed by atoms with van der Waals surface area (Å²) in [6, 6.07) is 0. The zero-order valence-electron chi connectivity index (χ0n) is 3.76. The number of hydrogen-bond acceptors (Lipinski definition) is 2. The van der Waals surface area contributed by atoms with Gasteiger partial charge in [0.25, 0.3) is 0 Å². The first-order valence-electron chi connectivity index (χ1n) is 1.99. The van der Waals surface area contributed by atoms with Gasteiger partial charge < -0.3 is 0 Å². The topological polar surface area (TPSA) is 0 Å². The highest BCUT2D eigenvalue weighted by atomic mass is 32.2. The van der Waals surface area contributed by atoms with Gasteiger partial charge in [0.15, 0.2) is 0 Å². The van der Waals surface area contributed by atoms with Crippen molar-refractivity contribution in [1.29, 1.82) is 0 Å². The molecule has 0 aromatic heterocycles. The van der Waals surface area contributed by atoms with Crippen molar-refractivity contribution in [3.63, 3.8) is 0 Å². The van der Waals surface area contributed by atoms with E-state index in [1.807, 2.05) is 5.41 Å². The van der Waals surface area contributed by atoms with Crippen LogP contribution in [0.5, 0.6) is 0 Å². The minimum atomic E-state index is 1.10. The summed E-state index contributed by atoms with van der Waals surface area (Å²) < 4.78 is 0. The Morgan fingerprint density at radius 3 is 3.57 bits per heavy atom. The molecule has 0 atom stereocenters. The largest absolute Gasteiger partial charge is 0.129 e. The summed E-state index contributed by atoms with van der Waals surface area (Å²) in [5.74, 6) is 1.10. The Hall–Kier alpha value is 0.180. The van der Waals surface area contributed by atoms with E-state index >= 15 is 0 Å². The standard InChI is InChI=1S/C5H5S2/c1-2-6-4-5-7-3-1/h1-2,5H,3H2. The summed E-state index contributed by atoms with van der Waals surface area (Å²) in [4.78, 5) is 0. The van der Waals surface area contributed by atoms with Crippen molar-refractivity contribution in [1.82, 2.24) is 0 Å². The van der Waals surface area contributed by atoms with E-state index in [1.165, 1.54) is 0 Å². The average molecular weight is 129 g/mol. The molecular weight excluding hydrogens is 124 g/mol. The molecule has 7 heavy (non-hydrogen) atoms. The van der Waals surface area contributed by atoms with Crippen LogP contribution >= 0.6 is 23.5 Å². The molecule has 2 heteroatoms. The summed E-state index contributed by atoms with van der Waals surface area (Å²) in [7, 11) is 0. The van der Waals surface area contributed by atoms with Gasteiger partial charge in [-0.2, -0.15) is 0 Å². The van der Waals surface area contributed by atoms with Gasteiger partial charge in [0.1, 0.15) is 0 Å². The average Bonchev–Trinajstić information content (AvgIpc) is 1.90. The van der Waals surface area contributed by atoms with Crippen LogP contribution in [0.3, 0.4) is 0 Å². The molecular formula is C5H5S2. The van der Waals surface area contributed by atoms with E-state index in [4.69, 9.17) is 0 Å². The SMILES string of the molecule is [C]1=CSCC=CS1. The van der Waals surface area contributed by atoms with Crippen molar-refractivity contribution in [3.8, 4) is 0 Å². The molecule has 1 aliphatic heterocycles. The van der Waals surface area contributed by atoms with Crippen LogP contribution in [0.4, 0.5) is 0 Å². The van der Waals surface area contributed by atoms with Gasteiger partial charge in [-0.05, 0) is 10.8 Å². The van der Waals surface area contributed by atoms with Crippen molar-refractivity contribution in [2.75, 3.05) is 5.75 Å². The normalized spacial score (nSPS) is 19.4. The van der Waals surface area contributed by atoms with Crippen LogP contribution in [-0.2, 0) is 0 Å². The summed E-state index contributed by atoms with van der Waals surface area (Å²) in [5, 5.41) is 7.06. The first kappa shape index (κ1) is 5.32. The Kier molecular flexibility index (Phi) is 2.44. The fraction of sp³-hybridized carbons (Fsp3) is 0.200. The van der Waals surface area contributed by atoms with Gasteiger partial charge in [0, 0.05) is 11.2 Å². The first-order chi connectivity index (χ1) is 3.50. The Morgan fingerprint density at radius 2 is 2.57 bits per heavy atom. The lowest BCUT2D eigenvalue weighted by molar-refractivity contribution is 1.82. The lowest BCUT2D eigenvalue weighted by atomic mass is 10.8.